The predicted molar refractivity (Wildman–Crippen MR) is 87.8 cm³/mol. The van der Waals surface area contributed by atoms with E-state index < -0.39 is 0 Å². The number of hydrogen-bond donors (Lipinski definition) is 1. The Hall–Kier alpha value is -1.10. The quantitative estimate of drug-likeness (QED) is 0.908. The third-order valence-electron chi connectivity index (χ3n) is 3.46. The lowest BCUT2D eigenvalue weighted by atomic mass is 10.2. The van der Waals surface area contributed by atoms with Crippen LogP contribution < -0.4 is 15.4 Å². The molecule has 2 rings (SSSR count). The Balaban J connectivity index is 2.26. The van der Waals surface area contributed by atoms with Crippen LogP contribution in [0.15, 0.2) is 12.1 Å². The smallest absolute Gasteiger partial charge is 0.239 e. The first kappa shape index (κ1) is 15.3. The van der Waals surface area contributed by atoms with Crippen molar-refractivity contribution in [2.45, 2.75) is 51.5 Å². The van der Waals surface area contributed by atoms with Gasteiger partial charge in [0.05, 0.1) is 5.69 Å². The van der Waals surface area contributed by atoms with E-state index in [2.05, 4.69) is 23.7 Å². The minimum atomic E-state index is -0.295. The third-order valence-corrected chi connectivity index (χ3v) is 4.79. The van der Waals surface area contributed by atoms with Crippen LogP contribution in [0.2, 0.25) is 0 Å². The summed E-state index contributed by atoms with van der Waals surface area (Å²) in [6.07, 6.45) is 0. The van der Waals surface area contributed by atoms with Crippen molar-refractivity contribution in [3.63, 3.8) is 0 Å². The zero-order chi connectivity index (χ0) is 14.9. The monoisotopic (exact) mass is 295 g/mol. The number of aromatic nitrogens is 1. The Kier molecular flexibility index (Phi) is 4.37. The molecule has 2 atom stereocenters. The molecular formula is C15H25N3OS. The number of rotatable bonds is 2. The van der Waals surface area contributed by atoms with Gasteiger partial charge in [0.25, 0.3) is 0 Å². The molecule has 0 amide bonds. The summed E-state index contributed by atoms with van der Waals surface area (Å²) < 4.78 is 5.86. The fraction of sp³-hybridized carbons (Fsp3) is 0.667. The molecule has 1 fully saturated rings. The van der Waals surface area contributed by atoms with Crippen LogP contribution in [0, 0.1) is 0 Å². The fourth-order valence-electron chi connectivity index (χ4n) is 2.23. The second-order valence-corrected chi connectivity index (χ2v) is 7.77. The average molecular weight is 295 g/mol. The Morgan fingerprint density at radius 2 is 2.05 bits per heavy atom. The highest BCUT2D eigenvalue weighted by Gasteiger charge is 2.27. The van der Waals surface area contributed by atoms with Crippen LogP contribution in [0.5, 0.6) is 5.88 Å². The van der Waals surface area contributed by atoms with Gasteiger partial charge in [-0.25, -0.2) is 0 Å². The zero-order valence-corrected chi connectivity index (χ0v) is 13.8. The van der Waals surface area contributed by atoms with Gasteiger partial charge >= 0.3 is 0 Å². The Labute approximate surface area is 126 Å². The largest absolute Gasteiger partial charge is 0.470 e. The summed E-state index contributed by atoms with van der Waals surface area (Å²) >= 11 is 2.02. The molecule has 1 aliphatic rings. The molecule has 0 saturated carbocycles. The summed E-state index contributed by atoms with van der Waals surface area (Å²) in [5.41, 5.74) is 6.28. The van der Waals surface area contributed by atoms with Crippen LogP contribution in [0.25, 0.3) is 0 Å². The number of pyridine rings is 1. The highest BCUT2D eigenvalue weighted by molar-refractivity contribution is 8.00. The zero-order valence-electron chi connectivity index (χ0n) is 13.0. The maximum atomic E-state index is 5.98. The number of nitrogens with two attached hydrogens (primary N) is 1. The molecule has 0 radical (unpaired) electrons. The summed E-state index contributed by atoms with van der Waals surface area (Å²) in [4.78, 5) is 6.98. The van der Waals surface area contributed by atoms with E-state index in [0.29, 0.717) is 22.9 Å². The van der Waals surface area contributed by atoms with Gasteiger partial charge in [0, 0.05) is 23.6 Å². The molecule has 1 aliphatic heterocycles. The highest BCUT2D eigenvalue weighted by Crippen LogP contribution is 2.31. The van der Waals surface area contributed by atoms with Crippen molar-refractivity contribution in [3.05, 3.63) is 12.1 Å². The normalized spacial score (nSPS) is 23.8. The molecule has 0 bridgehead atoms. The maximum Gasteiger partial charge on any atom is 0.239 e. The number of ether oxygens (including phenoxy) is 1. The highest BCUT2D eigenvalue weighted by atomic mass is 32.2. The van der Waals surface area contributed by atoms with Crippen molar-refractivity contribution >= 4 is 23.3 Å². The lowest BCUT2D eigenvalue weighted by molar-refractivity contribution is 0.125. The Morgan fingerprint density at radius 1 is 1.35 bits per heavy atom. The van der Waals surface area contributed by atoms with Gasteiger partial charge in [-0.2, -0.15) is 16.7 Å². The standard InChI is InChI=1S/C15H25N3OS/c1-10-11(2)20-9-8-18(10)13-7-6-12(16)14(17-13)19-15(3,4)5/h6-7,10-11H,8-9,16H2,1-5H3. The second-order valence-electron chi connectivity index (χ2n) is 6.29. The van der Waals surface area contributed by atoms with Crippen molar-refractivity contribution in [2.24, 2.45) is 0 Å². The molecule has 5 heteroatoms. The van der Waals surface area contributed by atoms with Crippen LogP contribution in [0.1, 0.15) is 34.6 Å². The van der Waals surface area contributed by atoms with Crippen LogP contribution in [-0.2, 0) is 0 Å². The summed E-state index contributed by atoms with van der Waals surface area (Å²) in [6.45, 7) is 11.5. The second kappa shape index (κ2) is 5.72. The van der Waals surface area contributed by atoms with Crippen molar-refractivity contribution in [2.75, 3.05) is 22.9 Å². The van der Waals surface area contributed by atoms with Gasteiger partial charge in [-0.3, -0.25) is 0 Å². The van der Waals surface area contributed by atoms with Crippen LogP contribution in [0.3, 0.4) is 0 Å². The van der Waals surface area contributed by atoms with Gasteiger partial charge in [-0.1, -0.05) is 6.92 Å². The molecule has 2 heterocycles. The summed E-state index contributed by atoms with van der Waals surface area (Å²) in [7, 11) is 0. The van der Waals surface area contributed by atoms with Crippen molar-refractivity contribution in [3.8, 4) is 5.88 Å². The molecule has 1 aromatic heterocycles. The molecule has 2 unspecified atom stereocenters. The van der Waals surface area contributed by atoms with Gasteiger partial charge in [0.15, 0.2) is 0 Å². The SMILES string of the molecule is CC1SCCN(c2ccc(N)c(OC(C)(C)C)n2)C1C. The van der Waals surface area contributed by atoms with E-state index in [1.54, 1.807) is 0 Å². The molecule has 0 spiro atoms. The summed E-state index contributed by atoms with van der Waals surface area (Å²) in [5, 5.41) is 0.607. The molecule has 1 saturated heterocycles. The number of thioether (sulfide) groups is 1. The number of nitrogen functional groups attached to an aromatic ring is 1. The molecule has 0 aromatic carbocycles. The van der Waals surface area contributed by atoms with Crippen molar-refractivity contribution < 1.29 is 4.74 Å². The molecule has 2 N–H and O–H groups in total. The lowest BCUT2D eigenvalue weighted by Gasteiger charge is -2.38. The summed E-state index contributed by atoms with van der Waals surface area (Å²) in [5.74, 6) is 2.62. The van der Waals surface area contributed by atoms with Gasteiger partial charge in [-0.05, 0) is 39.8 Å². The van der Waals surface area contributed by atoms with Gasteiger partial charge in [-0.15, -0.1) is 0 Å². The minimum Gasteiger partial charge on any atom is -0.470 e. The first-order valence-electron chi connectivity index (χ1n) is 7.12. The first-order valence-corrected chi connectivity index (χ1v) is 8.16. The molecule has 20 heavy (non-hydrogen) atoms. The molecule has 1 aromatic rings. The van der Waals surface area contributed by atoms with Crippen LogP contribution in [-0.4, -0.2) is 34.2 Å². The Morgan fingerprint density at radius 3 is 2.70 bits per heavy atom. The molecule has 112 valence electrons. The van der Waals surface area contributed by atoms with E-state index in [9.17, 15) is 0 Å². The number of nitrogens with zero attached hydrogens (tertiary/aromatic N) is 2. The average Bonchev–Trinajstić information content (AvgIpc) is 2.34. The minimum absolute atomic E-state index is 0.295. The fourth-order valence-corrected chi connectivity index (χ4v) is 3.33. The van der Waals surface area contributed by atoms with E-state index in [-0.39, 0.29) is 5.60 Å². The molecular weight excluding hydrogens is 270 g/mol. The number of hydrogen-bond acceptors (Lipinski definition) is 5. The van der Waals surface area contributed by atoms with Crippen molar-refractivity contribution in [1.29, 1.82) is 0 Å². The van der Waals surface area contributed by atoms with Gasteiger partial charge < -0.3 is 15.4 Å². The van der Waals surface area contributed by atoms with E-state index >= 15 is 0 Å². The molecule has 4 nitrogen and oxygen atoms in total. The first-order chi connectivity index (χ1) is 9.28. The number of anilines is 2. The maximum absolute atomic E-state index is 5.98. The summed E-state index contributed by atoms with van der Waals surface area (Å²) in [6, 6.07) is 4.35. The van der Waals surface area contributed by atoms with Crippen LogP contribution in [0.4, 0.5) is 11.5 Å². The molecule has 0 aliphatic carbocycles. The third kappa shape index (κ3) is 3.51. The van der Waals surface area contributed by atoms with Crippen LogP contribution >= 0.6 is 11.8 Å². The van der Waals surface area contributed by atoms with E-state index in [1.807, 2.05) is 44.7 Å². The van der Waals surface area contributed by atoms with E-state index in [4.69, 9.17) is 10.5 Å². The lowest BCUT2D eigenvalue weighted by Crippen LogP contribution is -2.45. The van der Waals surface area contributed by atoms with Gasteiger partial charge in [0.2, 0.25) is 5.88 Å². The van der Waals surface area contributed by atoms with E-state index in [1.165, 1.54) is 0 Å². The predicted octanol–water partition coefficient (Wildman–Crippen LogP) is 3.17. The Bertz CT molecular complexity index is 473. The van der Waals surface area contributed by atoms with Crippen molar-refractivity contribution in [1.82, 2.24) is 4.98 Å². The van der Waals surface area contributed by atoms with E-state index in [0.717, 1.165) is 18.1 Å². The van der Waals surface area contributed by atoms with Gasteiger partial charge in [0.1, 0.15) is 11.4 Å². The topological polar surface area (TPSA) is 51.4 Å².